The van der Waals surface area contributed by atoms with Gasteiger partial charge in [0.05, 0.1) is 33.8 Å². The number of para-hydroxylation sites is 2. The number of aromatic nitrogens is 3. The smallest absolute Gasteiger partial charge is 0.228 e. The van der Waals surface area contributed by atoms with Crippen LogP contribution < -0.4 is 15.6 Å². The van der Waals surface area contributed by atoms with E-state index in [9.17, 15) is 9.59 Å². The van der Waals surface area contributed by atoms with E-state index >= 15 is 0 Å². The number of unbranched alkanes of at least 4 members (excludes halogenated alkanes) is 2. The monoisotopic (exact) mass is 952 g/mol. The Labute approximate surface area is 414 Å². The minimum absolute atomic E-state index is 0. The predicted molar refractivity (Wildman–Crippen MR) is 278 cm³/mol. The average Bonchev–Trinajstić information content (AvgIpc) is 3.85. The van der Waals surface area contributed by atoms with Crippen molar-refractivity contribution in [2.24, 2.45) is 21.8 Å². The summed E-state index contributed by atoms with van der Waals surface area (Å²) in [6, 6.07) is 36.9. The summed E-state index contributed by atoms with van der Waals surface area (Å²) < 4.78 is 0. The fraction of sp³-hybridized carbons (Fsp3) is 0.310. The van der Waals surface area contributed by atoms with Crippen LogP contribution in [0, 0.1) is 39.5 Å². The normalized spacial score (nSPS) is 14.0. The van der Waals surface area contributed by atoms with E-state index in [2.05, 4.69) is 115 Å². The largest absolute Gasteiger partial charge is 0.384 e. The second-order valence-corrected chi connectivity index (χ2v) is 18.1. The van der Waals surface area contributed by atoms with E-state index in [1.54, 1.807) is 0 Å². The van der Waals surface area contributed by atoms with E-state index in [4.69, 9.17) is 24.9 Å². The van der Waals surface area contributed by atoms with Gasteiger partial charge in [0.15, 0.2) is 5.91 Å². The molecule has 1 aliphatic heterocycles. The van der Waals surface area contributed by atoms with Gasteiger partial charge in [0, 0.05) is 70.4 Å². The standard InChI is InChI=1S/C58H63N7O2.Zn/c1-9-13-19-39(11-3)57(66)64-55-51(47-31-27-41-21-15-17-23-45(41)59-47)49(43-29-25-35(5)33-37(43)7)53(62-55)61-54-50(44-30-26-36(6)34-38(44)8)52(48-32-28-42-22-16-18-24-46(42)60-48)56(63-54)65-58(67)40(12-4)20-14-10-2;/h15-18,21-34,39-40H,9-14,19-20H2,1-8H3,(H3,59,60,61,62,63,64,65,66,67);/p-1. The Morgan fingerprint density at radius 3 is 1.69 bits per heavy atom. The van der Waals surface area contributed by atoms with E-state index < -0.39 is 0 Å². The summed E-state index contributed by atoms with van der Waals surface area (Å²) in [5.74, 6) is 0.981. The third-order valence-electron chi connectivity index (χ3n) is 13.1. The quantitative estimate of drug-likeness (QED) is 0.0934. The van der Waals surface area contributed by atoms with Crippen LogP contribution in [0.3, 0.4) is 0 Å². The number of anilines is 1. The first-order valence-corrected chi connectivity index (χ1v) is 24.1. The van der Waals surface area contributed by atoms with E-state index in [0.29, 0.717) is 58.7 Å². The number of hydrogen-bond acceptors (Lipinski definition) is 5. The Morgan fingerprint density at radius 2 is 1.13 bits per heavy atom. The number of rotatable bonds is 16. The number of nitrogens with one attached hydrogen (secondary N) is 2. The Balaban J connectivity index is 0.00000684. The molecule has 2 atom stereocenters. The summed E-state index contributed by atoms with van der Waals surface area (Å²) in [7, 11) is 0. The number of carbonyl (C=O) groups is 2. The fourth-order valence-corrected chi connectivity index (χ4v) is 9.33. The summed E-state index contributed by atoms with van der Waals surface area (Å²) >= 11 is 0. The number of aliphatic imine (C=N–C) groups is 2. The van der Waals surface area contributed by atoms with Gasteiger partial charge in [-0.25, -0.2) is 15.0 Å². The Bertz CT molecular complexity index is 3090. The summed E-state index contributed by atoms with van der Waals surface area (Å²) in [5.41, 5.74) is 11.9. The molecule has 3 aromatic heterocycles. The van der Waals surface area contributed by atoms with Gasteiger partial charge >= 0.3 is 0 Å². The molecule has 0 bridgehead atoms. The first kappa shape index (κ1) is 49.5. The minimum atomic E-state index is -0.195. The molecule has 0 fully saturated rings. The number of carbonyl (C=O) groups excluding carboxylic acids is 2. The van der Waals surface area contributed by atoms with Crippen molar-refractivity contribution in [3.05, 3.63) is 143 Å². The molecule has 2 unspecified atom stereocenters. The van der Waals surface area contributed by atoms with Crippen LogP contribution in [0.2, 0.25) is 0 Å². The molecule has 2 N–H and O–H groups in total. The minimum Gasteiger partial charge on any atom is -0.384 e. The van der Waals surface area contributed by atoms with E-state index in [-0.39, 0.29) is 43.1 Å². The van der Waals surface area contributed by atoms with Gasteiger partial charge in [0.25, 0.3) is 0 Å². The average molecular weight is 955 g/mol. The van der Waals surface area contributed by atoms with E-state index in [1.165, 1.54) is 0 Å². The van der Waals surface area contributed by atoms with Gasteiger partial charge in [-0.3, -0.25) is 9.59 Å². The van der Waals surface area contributed by atoms with E-state index in [0.717, 1.165) is 105 Å². The maximum Gasteiger partial charge on any atom is 0.228 e. The number of fused-ring (bicyclic) bond motifs is 2. The molecular formula is C58H62N7O2Zn-. The first-order chi connectivity index (χ1) is 32.5. The van der Waals surface area contributed by atoms with Crippen LogP contribution in [0.25, 0.3) is 55.3 Å². The van der Waals surface area contributed by atoms with Crippen LogP contribution in [0.4, 0.5) is 11.6 Å². The molecule has 344 valence electrons. The first-order valence-electron chi connectivity index (χ1n) is 24.1. The summed E-state index contributed by atoms with van der Waals surface area (Å²) in [6.45, 7) is 16.8. The van der Waals surface area contributed by atoms with Crippen LogP contribution in [0.15, 0.2) is 119 Å². The number of amidine groups is 2. The number of pyridine rings is 2. The van der Waals surface area contributed by atoms with Gasteiger partial charge in [-0.1, -0.05) is 149 Å². The zero-order valence-electron chi connectivity index (χ0n) is 41.0. The Kier molecular flexibility index (Phi) is 16.1. The molecule has 9 nitrogen and oxygen atoms in total. The van der Waals surface area contributed by atoms with Crippen LogP contribution >= 0.6 is 0 Å². The molecule has 0 spiro atoms. The molecule has 2 amide bonds. The molecule has 0 saturated heterocycles. The maximum absolute atomic E-state index is 14.4. The van der Waals surface area contributed by atoms with Crippen molar-refractivity contribution in [1.82, 2.24) is 20.3 Å². The van der Waals surface area contributed by atoms with Crippen LogP contribution in [0.5, 0.6) is 0 Å². The number of amides is 2. The fourth-order valence-electron chi connectivity index (χ4n) is 9.33. The maximum atomic E-state index is 14.4. The molecule has 10 heteroatoms. The van der Waals surface area contributed by atoms with Gasteiger partial charge in [-0.2, -0.15) is 0 Å². The predicted octanol–water partition coefficient (Wildman–Crippen LogP) is 13.8. The Hall–Kier alpha value is -6.38. The molecule has 68 heavy (non-hydrogen) atoms. The van der Waals surface area contributed by atoms with Gasteiger partial charge in [0.2, 0.25) is 5.91 Å². The van der Waals surface area contributed by atoms with Gasteiger partial charge in [-0.05, 0) is 99.9 Å². The molecule has 0 radical (unpaired) electrons. The number of benzene rings is 4. The van der Waals surface area contributed by atoms with Crippen molar-refractivity contribution in [2.45, 2.75) is 107 Å². The van der Waals surface area contributed by atoms with Gasteiger partial charge in [0.1, 0.15) is 5.84 Å². The van der Waals surface area contributed by atoms with Crippen molar-refractivity contribution in [3.8, 4) is 22.4 Å². The zero-order valence-corrected chi connectivity index (χ0v) is 43.9. The second kappa shape index (κ2) is 22.2. The van der Waals surface area contributed by atoms with Crippen molar-refractivity contribution < 1.29 is 29.1 Å². The summed E-state index contributed by atoms with van der Waals surface area (Å²) in [4.78, 5) is 55.3. The second-order valence-electron chi connectivity index (χ2n) is 18.1. The topological polar surface area (TPSA) is 123 Å². The number of nitrogens with zero attached hydrogens (tertiary/aromatic N) is 5. The zero-order chi connectivity index (χ0) is 47.2. The van der Waals surface area contributed by atoms with Gasteiger partial charge in [-0.15, -0.1) is 0 Å². The number of aryl methyl sites for hydroxylation is 4. The third kappa shape index (κ3) is 10.5. The molecule has 0 aliphatic carbocycles. The molecule has 7 aromatic rings. The Morgan fingerprint density at radius 1 is 0.603 bits per heavy atom. The molecule has 1 aliphatic rings. The summed E-state index contributed by atoms with van der Waals surface area (Å²) in [5, 5.41) is 8.63. The van der Waals surface area contributed by atoms with Crippen LogP contribution in [-0.4, -0.2) is 33.5 Å². The van der Waals surface area contributed by atoms with Crippen molar-refractivity contribution in [2.75, 3.05) is 5.32 Å². The molecular weight excluding hydrogens is 892 g/mol. The van der Waals surface area contributed by atoms with Crippen LogP contribution in [0.1, 0.15) is 113 Å². The van der Waals surface area contributed by atoms with Crippen molar-refractivity contribution in [3.63, 3.8) is 0 Å². The molecule has 4 heterocycles. The van der Waals surface area contributed by atoms with Crippen molar-refractivity contribution in [1.29, 1.82) is 0 Å². The van der Waals surface area contributed by atoms with Crippen molar-refractivity contribution >= 4 is 68.1 Å². The molecule has 4 aromatic carbocycles. The molecule has 0 saturated carbocycles. The summed E-state index contributed by atoms with van der Waals surface area (Å²) in [6.07, 6.45) is 6.84. The third-order valence-corrected chi connectivity index (χ3v) is 13.1. The number of hydrogen-bond donors (Lipinski definition) is 2. The van der Waals surface area contributed by atoms with Gasteiger partial charge < -0.3 is 20.6 Å². The SMILES string of the molecule is CCCCC(CC)C(=O)NC1=NC(=Nc2[n-]c(NC(=O)C(CC)CCCC)c(-c3ccc4ccccc4n3)c2-c2ccc(C)cc2C)C(c2ccc(C)cc2C)=C1c1ccc2ccccc2n1.[Zn]. The van der Waals surface area contributed by atoms with Crippen LogP contribution in [-0.2, 0) is 29.1 Å². The van der Waals surface area contributed by atoms with E-state index in [1.807, 2.05) is 60.7 Å². The molecule has 8 rings (SSSR count).